The van der Waals surface area contributed by atoms with Crippen LogP contribution >= 0.6 is 0 Å². The fourth-order valence-electron chi connectivity index (χ4n) is 3.24. The number of likely N-dealkylation sites (tertiary alicyclic amines) is 1. The molecule has 3 rings (SSSR count). The molecule has 22 heavy (non-hydrogen) atoms. The molecule has 2 aliphatic heterocycles. The number of hydrogen-bond acceptors (Lipinski definition) is 3. The second kappa shape index (κ2) is 6.80. The largest absolute Gasteiger partial charge is 0.347 e. The van der Waals surface area contributed by atoms with Crippen LogP contribution in [0.25, 0.3) is 0 Å². The van der Waals surface area contributed by atoms with Gasteiger partial charge in [-0.1, -0.05) is 29.8 Å². The Kier molecular flexibility index (Phi) is 4.79. The molecule has 0 aliphatic carbocycles. The highest BCUT2D eigenvalue weighted by atomic mass is 16.7. The monoisotopic (exact) mass is 303 g/mol. The summed E-state index contributed by atoms with van der Waals surface area (Å²) in [5.41, 5.74) is 2.59. The van der Waals surface area contributed by atoms with Gasteiger partial charge in [0.2, 0.25) is 5.91 Å². The van der Waals surface area contributed by atoms with Crippen molar-refractivity contribution in [3.05, 3.63) is 35.4 Å². The molecular formula is C18H25NO3. The Bertz CT molecular complexity index is 496. The lowest BCUT2D eigenvalue weighted by molar-refractivity contribution is -0.187. The first-order valence-electron chi connectivity index (χ1n) is 8.28. The maximum absolute atomic E-state index is 12.3. The smallest absolute Gasteiger partial charge is 0.222 e. The van der Waals surface area contributed by atoms with Crippen LogP contribution in [-0.2, 0) is 20.7 Å². The fourth-order valence-corrected chi connectivity index (χ4v) is 3.24. The Labute approximate surface area is 132 Å². The predicted molar refractivity (Wildman–Crippen MR) is 84.6 cm³/mol. The van der Waals surface area contributed by atoms with Gasteiger partial charge in [-0.3, -0.25) is 4.79 Å². The normalized spacial score (nSPS) is 20.5. The number of nitrogens with zero attached hydrogens (tertiary/aromatic N) is 1. The van der Waals surface area contributed by atoms with E-state index in [1.54, 1.807) is 0 Å². The molecule has 120 valence electrons. The molecule has 2 aliphatic rings. The molecule has 1 aromatic carbocycles. The summed E-state index contributed by atoms with van der Waals surface area (Å²) in [5, 5.41) is 0. The second-order valence-corrected chi connectivity index (χ2v) is 6.33. The standard InChI is InChI=1S/C18H25NO3/c1-15-5-7-16(8-6-15)3-2-4-17(20)19-11-9-18(10-12-19)21-13-14-22-18/h5-8H,2-4,9-14H2,1H3. The van der Waals surface area contributed by atoms with Gasteiger partial charge in [0.1, 0.15) is 0 Å². The molecule has 0 N–H and O–H groups in total. The first-order chi connectivity index (χ1) is 10.7. The Morgan fingerprint density at radius 1 is 1.14 bits per heavy atom. The summed E-state index contributed by atoms with van der Waals surface area (Å²) in [6.45, 7) is 4.97. The summed E-state index contributed by atoms with van der Waals surface area (Å²) >= 11 is 0. The van der Waals surface area contributed by atoms with E-state index in [0.29, 0.717) is 19.6 Å². The van der Waals surface area contributed by atoms with Crippen molar-refractivity contribution in [2.24, 2.45) is 0 Å². The Hall–Kier alpha value is -1.39. The molecule has 4 nitrogen and oxygen atoms in total. The number of ether oxygens (including phenoxy) is 2. The number of benzene rings is 1. The van der Waals surface area contributed by atoms with E-state index in [0.717, 1.165) is 38.8 Å². The quantitative estimate of drug-likeness (QED) is 0.858. The van der Waals surface area contributed by atoms with Crippen LogP contribution in [0.3, 0.4) is 0 Å². The van der Waals surface area contributed by atoms with Gasteiger partial charge in [0, 0.05) is 32.4 Å². The molecule has 1 amide bonds. The van der Waals surface area contributed by atoms with Crippen LogP contribution in [0, 0.1) is 6.92 Å². The van der Waals surface area contributed by atoms with Gasteiger partial charge in [-0.2, -0.15) is 0 Å². The SMILES string of the molecule is Cc1ccc(CCCC(=O)N2CCC3(CC2)OCCO3)cc1. The fraction of sp³-hybridized carbons (Fsp3) is 0.611. The van der Waals surface area contributed by atoms with E-state index in [2.05, 4.69) is 31.2 Å². The van der Waals surface area contributed by atoms with E-state index < -0.39 is 5.79 Å². The lowest BCUT2D eigenvalue weighted by atomic mass is 10.0. The lowest BCUT2D eigenvalue weighted by Gasteiger charge is -2.37. The third-order valence-corrected chi connectivity index (χ3v) is 4.67. The highest BCUT2D eigenvalue weighted by Gasteiger charge is 2.40. The zero-order chi connectivity index (χ0) is 15.4. The van der Waals surface area contributed by atoms with Crippen LogP contribution in [0.1, 0.15) is 36.8 Å². The van der Waals surface area contributed by atoms with Gasteiger partial charge < -0.3 is 14.4 Å². The van der Waals surface area contributed by atoms with Gasteiger partial charge >= 0.3 is 0 Å². The molecule has 0 radical (unpaired) electrons. The summed E-state index contributed by atoms with van der Waals surface area (Å²) in [7, 11) is 0. The van der Waals surface area contributed by atoms with Crippen molar-refractivity contribution in [1.29, 1.82) is 0 Å². The lowest BCUT2D eigenvalue weighted by Crippen LogP contribution is -2.47. The Balaban J connectivity index is 1.40. The van der Waals surface area contributed by atoms with E-state index in [1.165, 1.54) is 11.1 Å². The van der Waals surface area contributed by atoms with Crippen molar-refractivity contribution in [1.82, 2.24) is 4.90 Å². The minimum atomic E-state index is -0.390. The van der Waals surface area contributed by atoms with Crippen molar-refractivity contribution in [3.63, 3.8) is 0 Å². The Morgan fingerprint density at radius 2 is 1.77 bits per heavy atom. The zero-order valence-electron chi connectivity index (χ0n) is 13.3. The van der Waals surface area contributed by atoms with Crippen LogP contribution in [0.4, 0.5) is 0 Å². The van der Waals surface area contributed by atoms with Gasteiger partial charge in [0.15, 0.2) is 5.79 Å². The van der Waals surface area contributed by atoms with Crippen molar-refractivity contribution >= 4 is 5.91 Å². The predicted octanol–water partition coefficient (Wildman–Crippen LogP) is 2.68. The van der Waals surface area contributed by atoms with Gasteiger partial charge in [0.05, 0.1) is 13.2 Å². The van der Waals surface area contributed by atoms with Crippen molar-refractivity contribution < 1.29 is 14.3 Å². The topological polar surface area (TPSA) is 38.8 Å². The minimum Gasteiger partial charge on any atom is -0.347 e. The van der Waals surface area contributed by atoms with Crippen LogP contribution in [0.15, 0.2) is 24.3 Å². The van der Waals surface area contributed by atoms with Crippen molar-refractivity contribution in [2.45, 2.75) is 44.8 Å². The van der Waals surface area contributed by atoms with Crippen molar-refractivity contribution in [3.8, 4) is 0 Å². The molecule has 2 saturated heterocycles. The molecule has 4 heteroatoms. The van der Waals surface area contributed by atoms with Crippen LogP contribution < -0.4 is 0 Å². The van der Waals surface area contributed by atoms with Gasteiger partial charge in [-0.05, 0) is 25.3 Å². The number of carbonyl (C=O) groups is 1. The third kappa shape index (κ3) is 3.68. The van der Waals surface area contributed by atoms with E-state index in [9.17, 15) is 4.79 Å². The van der Waals surface area contributed by atoms with Gasteiger partial charge in [-0.25, -0.2) is 0 Å². The molecular weight excluding hydrogens is 278 g/mol. The van der Waals surface area contributed by atoms with Crippen LogP contribution in [-0.4, -0.2) is 42.9 Å². The molecule has 2 heterocycles. The van der Waals surface area contributed by atoms with E-state index in [4.69, 9.17) is 9.47 Å². The van der Waals surface area contributed by atoms with Crippen LogP contribution in [0.2, 0.25) is 0 Å². The molecule has 1 spiro atoms. The van der Waals surface area contributed by atoms with E-state index in [1.807, 2.05) is 4.90 Å². The number of amides is 1. The zero-order valence-corrected chi connectivity index (χ0v) is 13.3. The summed E-state index contributed by atoms with van der Waals surface area (Å²) in [4.78, 5) is 14.3. The summed E-state index contributed by atoms with van der Waals surface area (Å²) in [5.74, 6) is -0.126. The summed E-state index contributed by atoms with van der Waals surface area (Å²) in [6.07, 6.45) is 4.11. The number of aryl methyl sites for hydroxylation is 2. The third-order valence-electron chi connectivity index (χ3n) is 4.67. The maximum Gasteiger partial charge on any atom is 0.222 e. The average Bonchev–Trinajstić information content (AvgIpc) is 2.98. The molecule has 2 fully saturated rings. The molecule has 0 atom stereocenters. The number of rotatable bonds is 4. The average molecular weight is 303 g/mol. The molecule has 0 saturated carbocycles. The van der Waals surface area contributed by atoms with E-state index in [-0.39, 0.29) is 5.91 Å². The van der Waals surface area contributed by atoms with Crippen LogP contribution in [0.5, 0.6) is 0 Å². The maximum atomic E-state index is 12.3. The summed E-state index contributed by atoms with van der Waals surface area (Å²) in [6, 6.07) is 8.56. The first kappa shape index (κ1) is 15.5. The minimum absolute atomic E-state index is 0.264. The molecule has 0 unspecified atom stereocenters. The highest BCUT2D eigenvalue weighted by Crippen LogP contribution is 2.31. The Morgan fingerprint density at radius 3 is 2.41 bits per heavy atom. The van der Waals surface area contributed by atoms with Crippen molar-refractivity contribution in [2.75, 3.05) is 26.3 Å². The number of carbonyl (C=O) groups excluding carboxylic acids is 1. The second-order valence-electron chi connectivity index (χ2n) is 6.33. The van der Waals surface area contributed by atoms with Gasteiger partial charge in [0.25, 0.3) is 0 Å². The summed E-state index contributed by atoms with van der Waals surface area (Å²) < 4.78 is 11.4. The molecule has 0 bridgehead atoms. The number of piperidine rings is 1. The molecule has 1 aromatic rings. The van der Waals surface area contributed by atoms with E-state index >= 15 is 0 Å². The highest BCUT2D eigenvalue weighted by molar-refractivity contribution is 5.76. The first-order valence-corrected chi connectivity index (χ1v) is 8.28. The number of hydrogen-bond donors (Lipinski definition) is 0. The molecule has 0 aromatic heterocycles. The van der Waals surface area contributed by atoms with Gasteiger partial charge in [-0.15, -0.1) is 0 Å².